The van der Waals surface area contributed by atoms with Crippen LogP contribution in [-0.2, 0) is 49.3 Å². The van der Waals surface area contributed by atoms with Crippen LogP contribution in [0.2, 0.25) is 0 Å². The van der Waals surface area contributed by atoms with Gasteiger partial charge in [-0.3, -0.25) is 28.5 Å². The van der Waals surface area contributed by atoms with Crippen LogP contribution in [0.15, 0.2) is 35.6 Å². The summed E-state index contributed by atoms with van der Waals surface area (Å²) < 4.78 is 28.9. The van der Waals surface area contributed by atoms with Crippen molar-refractivity contribution in [3.8, 4) is 0 Å². The van der Waals surface area contributed by atoms with Crippen LogP contribution < -0.4 is 0 Å². The number of rotatable bonds is 8. The van der Waals surface area contributed by atoms with Gasteiger partial charge in [-0.25, -0.2) is 0 Å². The maximum atomic E-state index is 12.2. The number of oxime groups is 1. The molecule has 1 aromatic heterocycles. The molecular weight excluding hydrogens is 548 g/mol. The standard InChI is InChI=1S/C26H30N2O11S/c1-13(29)28-11-18(19-8-6-7-9-20(19)28)10-22(27-34)40-26-25(38-17(5)33)24(37-16(4)32)23(36-15(3)31)21(39-26)12-35-14(2)30/h6-9,11,21,23-26,34H,10,12H2,1-5H3/b27-22-/t21-,23-,24+,25-,26+/m1/s1. The van der Waals surface area contributed by atoms with Crippen molar-refractivity contribution in [1.29, 1.82) is 0 Å². The molecule has 3 rings (SSSR count). The molecule has 0 aliphatic carbocycles. The summed E-state index contributed by atoms with van der Waals surface area (Å²) in [5.41, 5.74) is 0.170. The number of carbonyl (C=O) groups is 5. The number of hydrogen-bond donors (Lipinski definition) is 1. The Labute approximate surface area is 233 Å². The van der Waals surface area contributed by atoms with Gasteiger partial charge in [-0.1, -0.05) is 35.1 Å². The van der Waals surface area contributed by atoms with E-state index in [2.05, 4.69) is 5.16 Å². The highest BCUT2D eigenvalue weighted by Gasteiger charge is 2.52. The van der Waals surface area contributed by atoms with Gasteiger partial charge >= 0.3 is 23.9 Å². The minimum atomic E-state index is -1.35. The second-order valence-corrected chi connectivity index (χ2v) is 10.1. The molecule has 0 spiro atoms. The molecule has 0 unspecified atom stereocenters. The summed E-state index contributed by atoms with van der Waals surface area (Å²) in [5, 5.41) is 14.2. The van der Waals surface area contributed by atoms with E-state index in [9.17, 15) is 29.2 Å². The maximum Gasteiger partial charge on any atom is 0.303 e. The average Bonchev–Trinajstić information content (AvgIpc) is 3.23. The zero-order valence-electron chi connectivity index (χ0n) is 22.5. The van der Waals surface area contributed by atoms with Crippen molar-refractivity contribution >= 4 is 57.5 Å². The molecular formula is C26H30N2O11S. The molecule has 2 aromatic rings. The topological polar surface area (TPSA) is 169 Å². The number of benzene rings is 1. The van der Waals surface area contributed by atoms with Crippen LogP contribution in [0, 0.1) is 0 Å². The van der Waals surface area contributed by atoms with Gasteiger partial charge in [0.1, 0.15) is 23.2 Å². The molecule has 40 heavy (non-hydrogen) atoms. The van der Waals surface area contributed by atoms with Gasteiger partial charge in [-0.2, -0.15) is 0 Å². The molecule has 0 amide bonds. The van der Waals surface area contributed by atoms with Gasteiger partial charge in [0, 0.05) is 52.6 Å². The maximum absolute atomic E-state index is 12.2. The largest absolute Gasteiger partial charge is 0.463 e. The van der Waals surface area contributed by atoms with Crippen molar-refractivity contribution in [2.24, 2.45) is 5.16 Å². The lowest BCUT2D eigenvalue weighted by molar-refractivity contribution is -0.237. The van der Waals surface area contributed by atoms with Crippen molar-refractivity contribution in [2.45, 2.75) is 70.9 Å². The van der Waals surface area contributed by atoms with E-state index in [4.69, 9.17) is 23.7 Å². The molecule has 0 bridgehead atoms. The number of thioether (sulfide) groups is 1. The molecule has 1 aromatic carbocycles. The Bertz CT molecular complexity index is 1320. The van der Waals surface area contributed by atoms with Crippen LogP contribution in [0.1, 0.15) is 45.0 Å². The Hall–Kier alpha value is -3.91. The average molecular weight is 579 g/mol. The Kier molecular flexibility index (Phi) is 10.3. The molecule has 5 atom stereocenters. The van der Waals surface area contributed by atoms with Gasteiger partial charge in [0.25, 0.3) is 0 Å². The van der Waals surface area contributed by atoms with E-state index in [1.807, 2.05) is 6.07 Å². The fourth-order valence-electron chi connectivity index (χ4n) is 4.33. The number of hydrogen-bond acceptors (Lipinski definition) is 13. The molecule has 0 saturated carbocycles. The van der Waals surface area contributed by atoms with Crippen LogP contribution in [0.5, 0.6) is 0 Å². The normalized spacial score (nSPS) is 22.8. The lowest BCUT2D eigenvalue weighted by atomic mass is 9.99. The van der Waals surface area contributed by atoms with Crippen molar-refractivity contribution in [3.05, 3.63) is 36.0 Å². The number of nitrogens with zero attached hydrogens (tertiary/aromatic N) is 2. The van der Waals surface area contributed by atoms with Gasteiger partial charge in [-0.05, 0) is 11.6 Å². The molecule has 1 N–H and O–H groups in total. The number of fused-ring (bicyclic) bond motifs is 1. The molecule has 216 valence electrons. The minimum absolute atomic E-state index is 0.0504. The molecule has 2 heterocycles. The summed E-state index contributed by atoms with van der Waals surface area (Å²) >= 11 is 0.861. The SMILES string of the molecule is CC(=O)OC[C@H]1O[C@@H](S/C(Cc2cn(C(C)=O)c3ccccc23)=N\O)[C@H](OC(C)=O)[C@@H](OC(C)=O)[C@@H]1OC(C)=O. The second-order valence-electron chi connectivity index (χ2n) is 8.92. The first-order valence-electron chi connectivity index (χ1n) is 12.2. The highest BCUT2D eigenvalue weighted by molar-refractivity contribution is 8.14. The van der Waals surface area contributed by atoms with Crippen molar-refractivity contribution in [2.75, 3.05) is 6.61 Å². The number of carbonyl (C=O) groups excluding carboxylic acids is 5. The number of para-hydroxylation sites is 1. The molecule has 13 nitrogen and oxygen atoms in total. The van der Waals surface area contributed by atoms with E-state index in [1.165, 1.54) is 18.4 Å². The first-order chi connectivity index (χ1) is 18.9. The van der Waals surface area contributed by atoms with Crippen molar-refractivity contribution in [1.82, 2.24) is 4.57 Å². The Balaban J connectivity index is 1.99. The minimum Gasteiger partial charge on any atom is -0.463 e. The van der Waals surface area contributed by atoms with Gasteiger partial charge < -0.3 is 28.9 Å². The van der Waals surface area contributed by atoms with Gasteiger partial charge in [-0.15, -0.1) is 0 Å². The molecule has 1 aliphatic heterocycles. The number of aromatic nitrogens is 1. The first kappa shape index (κ1) is 30.6. The molecule has 14 heteroatoms. The third-order valence-corrected chi connectivity index (χ3v) is 6.90. The van der Waals surface area contributed by atoms with E-state index < -0.39 is 53.7 Å². The monoisotopic (exact) mass is 578 g/mol. The number of ether oxygens (including phenoxy) is 5. The molecule has 1 saturated heterocycles. The van der Waals surface area contributed by atoms with E-state index in [-0.39, 0.29) is 24.0 Å². The van der Waals surface area contributed by atoms with E-state index in [0.29, 0.717) is 11.1 Å². The Morgan fingerprint density at radius 1 is 0.900 bits per heavy atom. The second kappa shape index (κ2) is 13.4. The lowest BCUT2D eigenvalue weighted by Crippen LogP contribution is -2.61. The summed E-state index contributed by atoms with van der Waals surface area (Å²) in [7, 11) is 0. The van der Waals surface area contributed by atoms with Crippen LogP contribution in [0.25, 0.3) is 10.9 Å². The fourth-order valence-corrected chi connectivity index (χ4v) is 5.43. The summed E-state index contributed by atoms with van der Waals surface area (Å²) in [5.74, 6) is -3.10. The summed E-state index contributed by atoms with van der Waals surface area (Å²) in [6.45, 7) is 5.60. The van der Waals surface area contributed by atoms with Gasteiger partial charge in [0.05, 0.1) is 5.52 Å². The van der Waals surface area contributed by atoms with Crippen LogP contribution in [-0.4, -0.2) is 81.1 Å². The molecule has 0 radical (unpaired) electrons. The van der Waals surface area contributed by atoms with Gasteiger partial charge in [0.15, 0.2) is 18.3 Å². The summed E-state index contributed by atoms with van der Waals surface area (Å²) in [6, 6.07) is 7.19. The quantitative estimate of drug-likeness (QED) is 0.121. The Morgan fingerprint density at radius 3 is 2.08 bits per heavy atom. The zero-order valence-corrected chi connectivity index (χ0v) is 23.3. The van der Waals surface area contributed by atoms with Crippen LogP contribution in [0.4, 0.5) is 0 Å². The van der Waals surface area contributed by atoms with E-state index in [1.54, 1.807) is 24.4 Å². The predicted octanol–water partition coefficient (Wildman–Crippen LogP) is 2.45. The van der Waals surface area contributed by atoms with Gasteiger partial charge in [0.2, 0.25) is 5.91 Å². The fraction of sp³-hybridized carbons (Fsp3) is 0.462. The van der Waals surface area contributed by atoms with E-state index in [0.717, 1.165) is 37.9 Å². The first-order valence-corrected chi connectivity index (χ1v) is 13.1. The third kappa shape index (κ3) is 7.60. The smallest absolute Gasteiger partial charge is 0.303 e. The van der Waals surface area contributed by atoms with Crippen molar-refractivity contribution < 1.29 is 52.9 Å². The zero-order chi connectivity index (χ0) is 29.6. The van der Waals surface area contributed by atoms with Crippen LogP contribution >= 0.6 is 11.8 Å². The van der Waals surface area contributed by atoms with E-state index >= 15 is 0 Å². The third-order valence-electron chi connectivity index (χ3n) is 5.79. The summed E-state index contributed by atoms with van der Waals surface area (Å²) in [4.78, 5) is 59.7. The van der Waals surface area contributed by atoms with Crippen molar-refractivity contribution in [3.63, 3.8) is 0 Å². The number of esters is 4. The molecule has 1 aliphatic rings. The lowest BCUT2D eigenvalue weighted by Gasteiger charge is -2.44. The van der Waals surface area contributed by atoms with Crippen LogP contribution in [0.3, 0.4) is 0 Å². The molecule has 1 fully saturated rings. The highest BCUT2D eigenvalue weighted by atomic mass is 32.2. The Morgan fingerprint density at radius 2 is 1.50 bits per heavy atom. The highest BCUT2D eigenvalue weighted by Crippen LogP contribution is 2.36. The summed E-state index contributed by atoms with van der Waals surface area (Å²) in [6.07, 6.45) is -3.43. The predicted molar refractivity (Wildman–Crippen MR) is 141 cm³/mol.